The summed E-state index contributed by atoms with van der Waals surface area (Å²) in [6.07, 6.45) is 0.427. The van der Waals surface area contributed by atoms with Gasteiger partial charge in [-0.1, -0.05) is 6.92 Å². The Bertz CT molecular complexity index is 339. The lowest BCUT2D eigenvalue weighted by Gasteiger charge is -2.22. The van der Waals surface area contributed by atoms with Gasteiger partial charge in [0.1, 0.15) is 0 Å². The van der Waals surface area contributed by atoms with Gasteiger partial charge in [0.15, 0.2) is 0 Å². The summed E-state index contributed by atoms with van der Waals surface area (Å²) in [7, 11) is -1.90. The molecule has 0 aliphatic carbocycles. The molecule has 0 bridgehead atoms. The summed E-state index contributed by atoms with van der Waals surface area (Å²) in [6, 6.07) is -0.759. The lowest BCUT2D eigenvalue weighted by atomic mass is 10.3. The molecule has 0 radical (unpaired) electrons. The van der Waals surface area contributed by atoms with Crippen LogP contribution in [-0.2, 0) is 14.8 Å². The molecule has 7 heteroatoms. The fourth-order valence-electron chi connectivity index (χ4n) is 1.39. The minimum absolute atomic E-state index is 0.0519. The molecule has 3 N–H and O–H groups in total. The highest BCUT2D eigenvalue weighted by Gasteiger charge is 2.27. The molecule has 0 spiro atoms. The third-order valence-corrected chi connectivity index (χ3v) is 4.80. The van der Waals surface area contributed by atoms with Crippen molar-refractivity contribution < 1.29 is 13.2 Å². The number of rotatable bonds is 7. The molecule has 0 fully saturated rings. The lowest BCUT2D eigenvalue weighted by molar-refractivity contribution is -0.131. The van der Waals surface area contributed by atoms with Gasteiger partial charge in [0.25, 0.3) is 0 Å². The van der Waals surface area contributed by atoms with E-state index in [1.54, 1.807) is 14.0 Å². The van der Waals surface area contributed by atoms with Crippen molar-refractivity contribution in [2.24, 2.45) is 5.73 Å². The van der Waals surface area contributed by atoms with E-state index >= 15 is 0 Å². The molecular weight excluding hydrogens is 242 g/mol. The standard InChI is InChI=1S/C10H23N3O3S/c1-5-9(7-11)17(15,16)12-8(3)10(14)13(4)6-2/h8-9,12H,5-7,11H2,1-4H3. The topological polar surface area (TPSA) is 92.5 Å². The van der Waals surface area contributed by atoms with Gasteiger partial charge in [-0.3, -0.25) is 4.79 Å². The van der Waals surface area contributed by atoms with E-state index in [0.717, 1.165) is 0 Å². The van der Waals surface area contributed by atoms with Gasteiger partial charge in [0.2, 0.25) is 15.9 Å². The van der Waals surface area contributed by atoms with Crippen molar-refractivity contribution in [3.05, 3.63) is 0 Å². The second kappa shape index (κ2) is 6.93. The Morgan fingerprint density at radius 3 is 2.29 bits per heavy atom. The monoisotopic (exact) mass is 265 g/mol. The van der Waals surface area contributed by atoms with Crippen molar-refractivity contribution in [1.29, 1.82) is 0 Å². The van der Waals surface area contributed by atoms with Crippen LogP contribution in [-0.4, -0.2) is 50.7 Å². The van der Waals surface area contributed by atoms with Gasteiger partial charge < -0.3 is 10.6 Å². The molecular formula is C10H23N3O3S. The fraction of sp³-hybridized carbons (Fsp3) is 0.900. The Labute approximate surface area is 104 Å². The lowest BCUT2D eigenvalue weighted by Crippen LogP contribution is -2.49. The number of hydrogen-bond acceptors (Lipinski definition) is 4. The normalized spacial score (nSPS) is 15.4. The van der Waals surface area contributed by atoms with Crippen molar-refractivity contribution in [3.8, 4) is 0 Å². The summed E-state index contributed by atoms with van der Waals surface area (Å²) < 4.78 is 26.1. The Kier molecular flexibility index (Phi) is 6.66. The number of sulfonamides is 1. The molecule has 102 valence electrons. The minimum atomic E-state index is -3.53. The summed E-state index contributed by atoms with van der Waals surface area (Å²) in [6.45, 7) is 5.71. The van der Waals surface area contributed by atoms with Crippen LogP contribution in [0.5, 0.6) is 0 Å². The minimum Gasteiger partial charge on any atom is -0.345 e. The number of likely N-dealkylation sites (N-methyl/N-ethyl adjacent to an activating group) is 1. The molecule has 0 aromatic heterocycles. The van der Waals surface area contributed by atoms with E-state index in [1.807, 2.05) is 6.92 Å². The van der Waals surface area contributed by atoms with Crippen LogP contribution in [0.15, 0.2) is 0 Å². The van der Waals surface area contributed by atoms with E-state index in [9.17, 15) is 13.2 Å². The van der Waals surface area contributed by atoms with E-state index < -0.39 is 21.3 Å². The van der Waals surface area contributed by atoms with Crippen LogP contribution in [0.4, 0.5) is 0 Å². The van der Waals surface area contributed by atoms with Crippen LogP contribution in [0.25, 0.3) is 0 Å². The highest BCUT2D eigenvalue weighted by atomic mass is 32.2. The summed E-state index contributed by atoms with van der Waals surface area (Å²) in [5.41, 5.74) is 5.39. The average Bonchev–Trinajstić information content (AvgIpc) is 2.27. The van der Waals surface area contributed by atoms with Gasteiger partial charge in [0, 0.05) is 20.1 Å². The number of nitrogens with two attached hydrogens (primary N) is 1. The molecule has 1 amide bonds. The molecule has 0 aromatic carbocycles. The highest BCUT2D eigenvalue weighted by Crippen LogP contribution is 2.04. The third-order valence-electron chi connectivity index (χ3n) is 2.72. The van der Waals surface area contributed by atoms with Gasteiger partial charge in [0.05, 0.1) is 11.3 Å². The predicted octanol–water partition coefficient (Wildman–Crippen LogP) is -0.490. The van der Waals surface area contributed by atoms with Crippen LogP contribution in [0.3, 0.4) is 0 Å². The largest absolute Gasteiger partial charge is 0.345 e. The SMILES string of the molecule is CCC(CN)S(=O)(=O)NC(C)C(=O)N(C)CC. The summed E-state index contributed by atoms with van der Waals surface area (Å²) in [4.78, 5) is 13.2. The third kappa shape index (κ3) is 4.61. The maximum absolute atomic E-state index is 11.9. The molecule has 6 nitrogen and oxygen atoms in total. The first-order valence-corrected chi connectivity index (χ1v) is 7.30. The van der Waals surface area contributed by atoms with Gasteiger partial charge in [-0.05, 0) is 20.3 Å². The molecule has 2 atom stereocenters. The maximum atomic E-state index is 11.9. The van der Waals surface area contributed by atoms with Crippen LogP contribution in [0.1, 0.15) is 27.2 Å². The molecule has 0 saturated carbocycles. The van der Waals surface area contributed by atoms with Crippen LogP contribution in [0, 0.1) is 0 Å². The number of carbonyl (C=O) groups excluding carboxylic acids is 1. The van der Waals surface area contributed by atoms with Crippen molar-refractivity contribution in [2.45, 2.75) is 38.5 Å². The second-order valence-corrected chi connectivity index (χ2v) is 6.00. The number of nitrogens with zero attached hydrogens (tertiary/aromatic N) is 1. The van der Waals surface area contributed by atoms with Crippen LogP contribution >= 0.6 is 0 Å². The quantitative estimate of drug-likeness (QED) is 0.649. The van der Waals surface area contributed by atoms with E-state index in [0.29, 0.717) is 13.0 Å². The predicted molar refractivity (Wildman–Crippen MR) is 68.0 cm³/mol. The zero-order valence-corrected chi connectivity index (χ0v) is 11.8. The average molecular weight is 265 g/mol. The van der Waals surface area contributed by atoms with Gasteiger partial charge in [-0.25, -0.2) is 13.1 Å². The fourth-order valence-corrected chi connectivity index (χ4v) is 2.87. The zero-order chi connectivity index (χ0) is 13.6. The van der Waals surface area contributed by atoms with Gasteiger partial charge in [-0.2, -0.15) is 0 Å². The van der Waals surface area contributed by atoms with E-state index in [4.69, 9.17) is 5.73 Å². The van der Waals surface area contributed by atoms with Crippen molar-refractivity contribution >= 4 is 15.9 Å². The van der Waals surface area contributed by atoms with Gasteiger partial charge >= 0.3 is 0 Å². The summed E-state index contributed by atoms with van der Waals surface area (Å²) in [5, 5.41) is -0.648. The molecule has 0 rings (SSSR count). The first kappa shape index (κ1) is 16.3. The Hall–Kier alpha value is -0.660. The highest BCUT2D eigenvalue weighted by molar-refractivity contribution is 7.90. The summed E-state index contributed by atoms with van der Waals surface area (Å²) in [5.74, 6) is -0.247. The van der Waals surface area contributed by atoms with E-state index in [2.05, 4.69) is 4.72 Å². The summed E-state index contributed by atoms with van der Waals surface area (Å²) >= 11 is 0. The number of amides is 1. The molecule has 0 aliphatic rings. The van der Waals surface area contributed by atoms with Gasteiger partial charge in [-0.15, -0.1) is 0 Å². The molecule has 2 unspecified atom stereocenters. The van der Waals surface area contributed by atoms with Crippen molar-refractivity contribution in [1.82, 2.24) is 9.62 Å². The molecule has 17 heavy (non-hydrogen) atoms. The number of hydrogen-bond donors (Lipinski definition) is 2. The van der Waals surface area contributed by atoms with Crippen LogP contribution in [0.2, 0.25) is 0 Å². The van der Waals surface area contributed by atoms with E-state index in [-0.39, 0.29) is 12.5 Å². The molecule has 0 aliphatic heterocycles. The first-order valence-electron chi connectivity index (χ1n) is 5.76. The Morgan fingerprint density at radius 2 is 1.94 bits per heavy atom. The Morgan fingerprint density at radius 1 is 1.41 bits per heavy atom. The van der Waals surface area contributed by atoms with E-state index in [1.165, 1.54) is 11.8 Å². The number of carbonyl (C=O) groups is 1. The van der Waals surface area contributed by atoms with Crippen molar-refractivity contribution in [3.63, 3.8) is 0 Å². The maximum Gasteiger partial charge on any atom is 0.240 e. The van der Waals surface area contributed by atoms with Crippen molar-refractivity contribution in [2.75, 3.05) is 20.1 Å². The first-order chi connectivity index (χ1) is 7.80. The molecule has 0 heterocycles. The second-order valence-electron chi connectivity index (χ2n) is 4.00. The number of nitrogens with one attached hydrogen (secondary N) is 1. The Balaban J connectivity index is 4.67. The zero-order valence-electron chi connectivity index (χ0n) is 10.9. The van der Waals surface area contributed by atoms with Crippen LogP contribution < -0.4 is 10.5 Å². The molecule has 0 saturated heterocycles. The molecule has 0 aromatic rings. The smallest absolute Gasteiger partial charge is 0.240 e.